The molecule has 0 aromatic heterocycles. The summed E-state index contributed by atoms with van der Waals surface area (Å²) < 4.78 is 12.6. The van der Waals surface area contributed by atoms with Crippen molar-refractivity contribution in [2.24, 2.45) is 5.41 Å². The highest BCUT2D eigenvalue weighted by molar-refractivity contribution is 9.10. The lowest BCUT2D eigenvalue weighted by Crippen LogP contribution is -2.41. The van der Waals surface area contributed by atoms with Crippen LogP contribution in [0, 0.1) is 16.7 Å². The second-order valence-corrected chi connectivity index (χ2v) is 11.3. The quantitative estimate of drug-likeness (QED) is 0.217. The van der Waals surface area contributed by atoms with E-state index in [4.69, 9.17) is 9.47 Å². The summed E-state index contributed by atoms with van der Waals surface area (Å²) in [6.45, 7) is 0. The minimum absolute atomic E-state index is 0.546. The Labute approximate surface area is 252 Å². The van der Waals surface area contributed by atoms with E-state index in [0.717, 1.165) is 26.7 Å². The molecule has 2 aliphatic heterocycles. The molecular formula is C35H27BrN2O4. The number of methoxy groups -OCH3 is 1. The van der Waals surface area contributed by atoms with Crippen molar-refractivity contribution < 1.29 is 19.1 Å². The third kappa shape index (κ3) is 4.49. The number of ether oxygens (including phenoxy) is 2. The van der Waals surface area contributed by atoms with Crippen molar-refractivity contribution >= 4 is 33.9 Å². The van der Waals surface area contributed by atoms with E-state index < -0.39 is 41.5 Å². The zero-order valence-electron chi connectivity index (χ0n) is 22.8. The van der Waals surface area contributed by atoms with E-state index in [0.29, 0.717) is 5.56 Å². The van der Waals surface area contributed by atoms with E-state index in [9.17, 15) is 14.9 Å². The van der Waals surface area contributed by atoms with Gasteiger partial charge < -0.3 is 14.4 Å². The average molecular weight is 620 g/mol. The maximum atomic E-state index is 14.6. The van der Waals surface area contributed by atoms with Crippen LogP contribution >= 0.6 is 15.9 Å². The molecule has 7 heteroatoms. The standard InChI is InChI=1S/C35H27BrN2O4/c1-41-34(40)35(22-37)29(24-16-18-27(36)19-17-24)30(38-21-20-23-10-8-9-15-28(23)32(35)38)33(39)42-31(25-11-4-2-5-12-25)26-13-6-3-7-14-26/h2-21,29-32H,1H3. The number of carbonyl (C=O) groups is 2. The second kappa shape index (κ2) is 11.3. The van der Waals surface area contributed by atoms with Crippen LogP contribution in [0.2, 0.25) is 0 Å². The molecule has 208 valence electrons. The molecule has 0 amide bonds. The van der Waals surface area contributed by atoms with Gasteiger partial charge in [0.15, 0.2) is 11.5 Å². The molecule has 6 rings (SSSR count). The first-order valence-electron chi connectivity index (χ1n) is 13.6. The number of nitrogens with zero attached hydrogens (tertiary/aromatic N) is 2. The van der Waals surface area contributed by atoms with Crippen LogP contribution < -0.4 is 0 Å². The molecule has 42 heavy (non-hydrogen) atoms. The van der Waals surface area contributed by atoms with E-state index in [1.807, 2.05) is 120 Å². The van der Waals surface area contributed by atoms with Gasteiger partial charge in [0.05, 0.1) is 19.2 Å². The van der Waals surface area contributed by atoms with Crippen LogP contribution in [0.4, 0.5) is 0 Å². The summed E-state index contributed by atoms with van der Waals surface area (Å²) in [4.78, 5) is 30.2. The van der Waals surface area contributed by atoms with Crippen LogP contribution in [-0.4, -0.2) is 30.0 Å². The third-order valence-electron chi connectivity index (χ3n) is 8.19. The molecule has 1 saturated heterocycles. The number of halogens is 1. The predicted molar refractivity (Wildman–Crippen MR) is 162 cm³/mol. The van der Waals surface area contributed by atoms with Crippen LogP contribution in [0.3, 0.4) is 0 Å². The lowest BCUT2D eigenvalue weighted by Gasteiger charge is -2.36. The smallest absolute Gasteiger partial charge is 0.330 e. The van der Waals surface area contributed by atoms with E-state index in [1.165, 1.54) is 7.11 Å². The van der Waals surface area contributed by atoms with Gasteiger partial charge in [0.2, 0.25) is 0 Å². The molecule has 6 nitrogen and oxygen atoms in total. The van der Waals surface area contributed by atoms with Gasteiger partial charge in [0, 0.05) is 16.6 Å². The molecule has 4 unspecified atom stereocenters. The van der Waals surface area contributed by atoms with Crippen molar-refractivity contribution in [2.75, 3.05) is 7.11 Å². The Morgan fingerprint density at radius 1 is 0.881 bits per heavy atom. The summed E-state index contributed by atoms with van der Waals surface area (Å²) >= 11 is 3.48. The van der Waals surface area contributed by atoms with Gasteiger partial charge in [-0.2, -0.15) is 5.26 Å². The largest absolute Gasteiger partial charge is 0.468 e. The Morgan fingerprint density at radius 3 is 2.07 bits per heavy atom. The van der Waals surface area contributed by atoms with Crippen LogP contribution in [0.1, 0.15) is 45.9 Å². The monoisotopic (exact) mass is 618 g/mol. The number of carbonyl (C=O) groups excluding carboxylic acids is 2. The minimum atomic E-state index is -1.75. The number of esters is 2. The summed E-state index contributed by atoms with van der Waals surface area (Å²) in [5.41, 5.74) is 2.17. The fraction of sp³-hybridized carbons (Fsp3) is 0.171. The van der Waals surface area contributed by atoms with Crippen molar-refractivity contribution in [3.05, 3.63) is 148 Å². The minimum Gasteiger partial charge on any atom is -0.468 e. The number of hydrogen-bond acceptors (Lipinski definition) is 6. The molecule has 0 spiro atoms. The number of rotatable bonds is 6. The van der Waals surface area contributed by atoms with Crippen LogP contribution in [-0.2, 0) is 19.1 Å². The maximum Gasteiger partial charge on any atom is 0.330 e. The van der Waals surface area contributed by atoms with Gasteiger partial charge in [0.25, 0.3) is 0 Å². The second-order valence-electron chi connectivity index (χ2n) is 10.4. The van der Waals surface area contributed by atoms with Crippen LogP contribution in [0.15, 0.2) is 120 Å². The molecule has 1 fully saturated rings. The number of nitriles is 1. The number of benzene rings is 4. The van der Waals surface area contributed by atoms with Gasteiger partial charge in [-0.1, -0.05) is 113 Å². The fourth-order valence-electron chi connectivity index (χ4n) is 6.38. The first kappa shape index (κ1) is 27.5. The summed E-state index contributed by atoms with van der Waals surface area (Å²) in [6.07, 6.45) is 3.01. The molecule has 0 bridgehead atoms. The summed E-state index contributed by atoms with van der Waals surface area (Å²) in [5, 5.41) is 10.9. The normalized spacial score (nSPS) is 22.1. The molecule has 0 aliphatic carbocycles. The molecule has 0 saturated carbocycles. The van der Waals surface area contributed by atoms with E-state index in [-0.39, 0.29) is 0 Å². The highest BCUT2D eigenvalue weighted by atomic mass is 79.9. The van der Waals surface area contributed by atoms with Crippen molar-refractivity contribution in [1.29, 1.82) is 5.26 Å². The number of fused-ring (bicyclic) bond motifs is 3. The van der Waals surface area contributed by atoms with Crippen molar-refractivity contribution in [2.45, 2.75) is 24.1 Å². The van der Waals surface area contributed by atoms with E-state index in [2.05, 4.69) is 22.0 Å². The molecule has 0 radical (unpaired) electrons. The van der Waals surface area contributed by atoms with Crippen molar-refractivity contribution in [3.63, 3.8) is 0 Å². The Balaban J connectivity index is 1.54. The summed E-state index contributed by atoms with van der Waals surface area (Å²) in [7, 11) is 1.28. The maximum absolute atomic E-state index is 14.6. The van der Waals surface area contributed by atoms with Gasteiger partial charge in [-0.05, 0) is 46.0 Å². The Bertz CT molecular complexity index is 1640. The Morgan fingerprint density at radius 2 is 1.48 bits per heavy atom. The lowest BCUT2D eigenvalue weighted by atomic mass is 9.67. The molecule has 4 aromatic rings. The Hall–Kier alpha value is -4.67. The zero-order valence-corrected chi connectivity index (χ0v) is 24.3. The van der Waals surface area contributed by atoms with Gasteiger partial charge in [0.1, 0.15) is 6.04 Å². The molecular weight excluding hydrogens is 592 g/mol. The first-order chi connectivity index (χ1) is 20.5. The summed E-state index contributed by atoms with van der Waals surface area (Å²) in [5.74, 6) is -2.14. The highest BCUT2D eigenvalue weighted by Crippen LogP contribution is 2.60. The van der Waals surface area contributed by atoms with E-state index in [1.54, 1.807) is 6.20 Å². The third-order valence-corrected chi connectivity index (χ3v) is 8.72. The first-order valence-corrected chi connectivity index (χ1v) is 14.4. The lowest BCUT2D eigenvalue weighted by molar-refractivity contribution is -0.153. The highest BCUT2D eigenvalue weighted by Gasteiger charge is 2.68. The molecule has 2 heterocycles. The Kier molecular flexibility index (Phi) is 7.40. The SMILES string of the molecule is COC(=O)C1(C#N)C(c2ccc(Br)cc2)C(C(=O)OC(c2ccccc2)c2ccccc2)N2C=Cc3ccccc3C21. The van der Waals surface area contributed by atoms with Crippen LogP contribution in [0.25, 0.3) is 6.08 Å². The van der Waals surface area contributed by atoms with Gasteiger partial charge in [-0.15, -0.1) is 0 Å². The van der Waals surface area contributed by atoms with Crippen molar-refractivity contribution in [1.82, 2.24) is 4.90 Å². The predicted octanol–water partition coefficient (Wildman–Crippen LogP) is 6.96. The topological polar surface area (TPSA) is 79.6 Å². The molecule has 4 atom stereocenters. The fourth-order valence-corrected chi connectivity index (χ4v) is 6.64. The average Bonchev–Trinajstić information content (AvgIpc) is 3.36. The van der Waals surface area contributed by atoms with Gasteiger partial charge in [-0.25, -0.2) is 4.79 Å². The summed E-state index contributed by atoms with van der Waals surface area (Å²) in [6, 6.07) is 34.6. The molecule has 4 aromatic carbocycles. The molecule has 2 aliphatic rings. The van der Waals surface area contributed by atoms with E-state index >= 15 is 0 Å². The van der Waals surface area contributed by atoms with Gasteiger partial charge >= 0.3 is 11.9 Å². The number of hydrogen-bond donors (Lipinski definition) is 0. The van der Waals surface area contributed by atoms with Crippen molar-refractivity contribution in [3.8, 4) is 6.07 Å². The molecule has 0 N–H and O–H groups in total. The van der Waals surface area contributed by atoms with Crippen LogP contribution in [0.5, 0.6) is 0 Å². The van der Waals surface area contributed by atoms with Gasteiger partial charge in [-0.3, -0.25) is 4.79 Å². The zero-order chi connectivity index (χ0) is 29.3.